The van der Waals surface area contributed by atoms with Crippen LogP contribution in [0.4, 0.5) is 0 Å². The van der Waals surface area contributed by atoms with E-state index in [4.69, 9.17) is 9.72 Å². The molecule has 1 saturated heterocycles. The molecule has 0 saturated carbocycles. The van der Waals surface area contributed by atoms with Crippen molar-refractivity contribution in [1.29, 1.82) is 0 Å². The lowest BCUT2D eigenvalue weighted by Gasteiger charge is -2.16. The number of methoxy groups -OCH3 is 1. The summed E-state index contributed by atoms with van der Waals surface area (Å²) in [7, 11) is 1.63. The monoisotopic (exact) mass is 469 g/mol. The minimum Gasteiger partial charge on any atom is -0.497 e. The Morgan fingerprint density at radius 1 is 1.12 bits per heavy atom. The van der Waals surface area contributed by atoms with E-state index in [2.05, 4.69) is 0 Å². The summed E-state index contributed by atoms with van der Waals surface area (Å²) in [6.45, 7) is 1.50. The number of carbonyl (C=O) groups is 1. The molecule has 0 atom stereocenters. The molecule has 0 spiro atoms. The largest absolute Gasteiger partial charge is 0.497 e. The number of thioether (sulfide) groups is 1. The third kappa shape index (κ3) is 4.06. The van der Waals surface area contributed by atoms with Crippen LogP contribution >= 0.6 is 23.1 Å². The van der Waals surface area contributed by atoms with Crippen molar-refractivity contribution in [3.8, 4) is 11.4 Å². The number of aromatic nitrogens is 2. The van der Waals surface area contributed by atoms with Crippen LogP contribution in [0.1, 0.15) is 42.5 Å². The number of amides is 1. The number of aryl methyl sites for hydroxylation is 2. The van der Waals surface area contributed by atoms with E-state index >= 15 is 0 Å². The quantitative estimate of drug-likeness (QED) is 0.303. The number of hydrogen-bond acceptors (Lipinski definition) is 6. The molecule has 0 N–H and O–H groups in total. The van der Waals surface area contributed by atoms with Gasteiger partial charge >= 0.3 is 0 Å². The highest BCUT2D eigenvalue weighted by Gasteiger charge is 2.23. The molecule has 8 heteroatoms. The van der Waals surface area contributed by atoms with Crippen LogP contribution in [0.15, 0.2) is 34.2 Å². The first kappa shape index (κ1) is 21.5. The first-order valence-corrected chi connectivity index (χ1v) is 13.1. The van der Waals surface area contributed by atoms with Gasteiger partial charge in [0.15, 0.2) is 5.16 Å². The van der Waals surface area contributed by atoms with Crippen LogP contribution in [0.5, 0.6) is 5.75 Å². The summed E-state index contributed by atoms with van der Waals surface area (Å²) in [5.74, 6) is 1.64. The van der Waals surface area contributed by atoms with Gasteiger partial charge in [0.25, 0.3) is 5.56 Å². The van der Waals surface area contributed by atoms with Crippen LogP contribution in [-0.2, 0) is 17.6 Å². The highest BCUT2D eigenvalue weighted by Crippen LogP contribution is 2.35. The number of hydrogen-bond donors (Lipinski definition) is 0. The normalized spacial score (nSPS) is 16.4. The second-order valence-corrected chi connectivity index (χ2v) is 10.5. The number of rotatable bonds is 6. The summed E-state index contributed by atoms with van der Waals surface area (Å²) in [6, 6.07) is 7.59. The lowest BCUT2D eigenvalue weighted by Crippen LogP contribution is -2.27. The van der Waals surface area contributed by atoms with E-state index in [1.165, 1.54) is 23.3 Å². The predicted octanol–water partition coefficient (Wildman–Crippen LogP) is 4.44. The molecule has 0 unspecified atom stereocenters. The molecule has 6 nitrogen and oxygen atoms in total. The number of carbonyl (C=O) groups excluding carboxylic acids is 1. The van der Waals surface area contributed by atoms with Crippen LogP contribution in [0.3, 0.4) is 0 Å². The second kappa shape index (κ2) is 9.27. The zero-order valence-electron chi connectivity index (χ0n) is 18.3. The van der Waals surface area contributed by atoms with Gasteiger partial charge < -0.3 is 9.64 Å². The van der Waals surface area contributed by atoms with Crippen LogP contribution in [0.2, 0.25) is 0 Å². The number of nitrogens with zero attached hydrogens (tertiary/aromatic N) is 3. The van der Waals surface area contributed by atoms with Gasteiger partial charge in [0, 0.05) is 36.2 Å². The van der Waals surface area contributed by atoms with Crippen molar-refractivity contribution in [2.45, 2.75) is 50.1 Å². The first-order chi connectivity index (χ1) is 15.7. The molecular weight excluding hydrogens is 442 g/mol. The topological polar surface area (TPSA) is 64.4 Å². The second-order valence-electron chi connectivity index (χ2n) is 8.31. The molecule has 1 aliphatic carbocycles. The molecule has 1 aliphatic heterocycles. The van der Waals surface area contributed by atoms with Gasteiger partial charge in [0.2, 0.25) is 5.91 Å². The third-order valence-corrected chi connectivity index (χ3v) is 8.39. The van der Waals surface area contributed by atoms with Crippen molar-refractivity contribution in [2.24, 2.45) is 0 Å². The molecule has 1 aromatic carbocycles. The summed E-state index contributed by atoms with van der Waals surface area (Å²) in [6.07, 6.45) is 7.08. The first-order valence-electron chi connectivity index (χ1n) is 11.3. The molecule has 3 heterocycles. The average Bonchev–Trinajstić information content (AvgIpc) is 3.28. The number of thiophene rings is 1. The average molecular weight is 470 g/mol. The van der Waals surface area contributed by atoms with Gasteiger partial charge in [-0.2, -0.15) is 0 Å². The molecule has 0 bridgehead atoms. The van der Waals surface area contributed by atoms with Crippen molar-refractivity contribution < 1.29 is 9.53 Å². The third-order valence-electron chi connectivity index (χ3n) is 6.28. The Morgan fingerprint density at radius 2 is 2.00 bits per heavy atom. The van der Waals surface area contributed by atoms with Crippen LogP contribution in [-0.4, -0.2) is 46.3 Å². The van der Waals surface area contributed by atoms with E-state index in [1.807, 2.05) is 29.2 Å². The smallest absolute Gasteiger partial charge is 0.267 e. The number of benzene rings is 1. The number of fused-ring (bicyclic) bond motifs is 3. The molecule has 2 aliphatic rings. The van der Waals surface area contributed by atoms with Crippen LogP contribution in [0.25, 0.3) is 15.9 Å². The maximum Gasteiger partial charge on any atom is 0.267 e. The standard InChI is InChI=1S/C24H27N3O3S2/c1-30-17-8-5-7-16(15-17)27-23(29)21-18-9-3-2-4-10-19(18)32-22(21)25-24(27)31-14-13-26-12-6-11-20(26)28/h5,7-8,15H,2-4,6,9-14H2,1H3. The van der Waals surface area contributed by atoms with Gasteiger partial charge in [-0.25, -0.2) is 4.98 Å². The van der Waals surface area contributed by atoms with Gasteiger partial charge in [-0.15, -0.1) is 11.3 Å². The van der Waals surface area contributed by atoms with Gasteiger partial charge in [-0.05, 0) is 49.8 Å². The zero-order valence-corrected chi connectivity index (χ0v) is 19.9. The Hall–Kier alpha value is -2.32. The molecule has 5 rings (SSSR count). The SMILES string of the molecule is COc1cccc(-n2c(SCCN3CCCC3=O)nc3sc4c(c3c2=O)CCCCC4)c1. The molecule has 32 heavy (non-hydrogen) atoms. The minimum atomic E-state index is 0.00222. The Bertz CT molecular complexity index is 1220. The molecule has 168 valence electrons. The lowest BCUT2D eigenvalue weighted by molar-refractivity contribution is -0.127. The maximum atomic E-state index is 13.9. The lowest BCUT2D eigenvalue weighted by atomic mass is 10.1. The fourth-order valence-corrected chi connectivity index (χ4v) is 6.90. The van der Waals surface area contributed by atoms with Crippen molar-refractivity contribution in [1.82, 2.24) is 14.5 Å². The molecule has 1 fully saturated rings. The summed E-state index contributed by atoms with van der Waals surface area (Å²) >= 11 is 3.23. The van der Waals surface area contributed by atoms with Crippen molar-refractivity contribution in [3.63, 3.8) is 0 Å². The van der Waals surface area contributed by atoms with Crippen LogP contribution in [0, 0.1) is 0 Å². The molecule has 3 aromatic rings. The van der Waals surface area contributed by atoms with E-state index < -0.39 is 0 Å². The summed E-state index contributed by atoms with van der Waals surface area (Å²) < 4.78 is 7.15. The van der Waals surface area contributed by atoms with Crippen molar-refractivity contribution in [2.75, 3.05) is 26.0 Å². The maximum absolute atomic E-state index is 13.9. The molecular formula is C24H27N3O3S2. The number of ether oxygens (including phenoxy) is 1. The van der Waals surface area contributed by atoms with E-state index in [0.29, 0.717) is 29.6 Å². The predicted molar refractivity (Wildman–Crippen MR) is 130 cm³/mol. The zero-order chi connectivity index (χ0) is 22.1. The fraction of sp³-hybridized carbons (Fsp3) is 0.458. The van der Waals surface area contributed by atoms with Crippen LogP contribution < -0.4 is 10.3 Å². The van der Waals surface area contributed by atoms with Crippen molar-refractivity contribution >= 4 is 39.2 Å². The van der Waals surface area contributed by atoms with Crippen molar-refractivity contribution in [3.05, 3.63) is 45.1 Å². The summed E-state index contributed by atoms with van der Waals surface area (Å²) in [4.78, 5) is 34.9. The number of likely N-dealkylation sites (tertiary alicyclic amines) is 1. The van der Waals surface area contributed by atoms with Gasteiger partial charge in [0.1, 0.15) is 10.6 Å². The van der Waals surface area contributed by atoms with Gasteiger partial charge in [-0.1, -0.05) is 24.2 Å². The Labute approximate surface area is 195 Å². The minimum absolute atomic E-state index is 0.00222. The molecule has 0 radical (unpaired) electrons. The summed E-state index contributed by atoms with van der Waals surface area (Å²) in [5, 5.41) is 1.47. The van der Waals surface area contributed by atoms with E-state index in [-0.39, 0.29) is 11.5 Å². The highest BCUT2D eigenvalue weighted by molar-refractivity contribution is 7.99. The van der Waals surface area contributed by atoms with E-state index in [0.717, 1.165) is 48.1 Å². The fourth-order valence-electron chi connectivity index (χ4n) is 4.62. The highest BCUT2D eigenvalue weighted by atomic mass is 32.2. The van der Waals surface area contributed by atoms with E-state index in [9.17, 15) is 9.59 Å². The Kier molecular flexibility index (Phi) is 6.24. The summed E-state index contributed by atoms with van der Waals surface area (Å²) in [5.41, 5.74) is 1.97. The Balaban J connectivity index is 1.58. The Morgan fingerprint density at radius 3 is 2.81 bits per heavy atom. The molecule has 2 aromatic heterocycles. The van der Waals surface area contributed by atoms with E-state index in [1.54, 1.807) is 34.8 Å². The van der Waals surface area contributed by atoms with Gasteiger partial charge in [-0.3, -0.25) is 14.2 Å². The molecule has 1 amide bonds. The van der Waals surface area contributed by atoms with Gasteiger partial charge in [0.05, 0.1) is 18.2 Å².